The number of hydrogen-bond acceptors (Lipinski definition) is 5. The fourth-order valence-corrected chi connectivity index (χ4v) is 2.85. The average Bonchev–Trinajstić information content (AvgIpc) is 3.25. The van der Waals surface area contributed by atoms with Crippen LogP contribution in [0.2, 0.25) is 5.28 Å². The van der Waals surface area contributed by atoms with Crippen LogP contribution in [0.25, 0.3) is 22.5 Å². The van der Waals surface area contributed by atoms with E-state index in [4.69, 9.17) is 21.4 Å². The molecule has 0 aromatic carbocycles. The minimum atomic E-state index is 0.219. The van der Waals surface area contributed by atoms with Crippen LogP contribution in [0.5, 0.6) is 0 Å². The fourth-order valence-electron chi connectivity index (χ4n) is 2.70. The van der Waals surface area contributed by atoms with Gasteiger partial charge < -0.3 is 4.74 Å². The summed E-state index contributed by atoms with van der Waals surface area (Å²) in [5, 5.41) is 4.98. The molecule has 4 heterocycles. The van der Waals surface area contributed by atoms with Crippen LogP contribution in [0.3, 0.4) is 0 Å². The second-order valence-electron chi connectivity index (χ2n) is 5.34. The summed E-state index contributed by atoms with van der Waals surface area (Å²) in [7, 11) is 0. The van der Waals surface area contributed by atoms with Gasteiger partial charge in [0.15, 0.2) is 0 Å². The summed E-state index contributed by atoms with van der Waals surface area (Å²) in [5.41, 5.74) is 3.43. The van der Waals surface area contributed by atoms with Gasteiger partial charge >= 0.3 is 0 Å². The molecule has 23 heavy (non-hydrogen) atoms. The Balaban J connectivity index is 1.85. The molecule has 0 amide bonds. The van der Waals surface area contributed by atoms with E-state index in [2.05, 4.69) is 15.0 Å². The highest BCUT2D eigenvalue weighted by molar-refractivity contribution is 6.28. The quantitative estimate of drug-likeness (QED) is 0.692. The number of pyridine rings is 1. The number of rotatable bonds is 3. The van der Waals surface area contributed by atoms with Crippen molar-refractivity contribution < 1.29 is 4.74 Å². The average molecular weight is 328 g/mol. The Kier molecular flexibility index (Phi) is 3.77. The lowest BCUT2D eigenvalue weighted by Crippen LogP contribution is -2.08. The third kappa shape index (κ3) is 2.83. The van der Waals surface area contributed by atoms with Crippen LogP contribution in [0.4, 0.5) is 0 Å². The predicted octanol–water partition coefficient (Wildman–Crippen LogP) is 3.02. The van der Waals surface area contributed by atoms with Crippen LogP contribution in [-0.2, 0) is 4.74 Å². The topological polar surface area (TPSA) is 65.7 Å². The van der Waals surface area contributed by atoms with E-state index < -0.39 is 0 Å². The Bertz CT molecular complexity index is 814. The standard InChI is InChI=1S/C16H14ClN5O/c17-16-19-6-3-14(20-16)13-9-22(12-4-7-23-10-12)21-15(13)11-2-1-5-18-8-11/h1-3,5-6,8-9,12H,4,7,10H2. The Labute approximate surface area is 138 Å². The molecular weight excluding hydrogens is 314 g/mol. The van der Waals surface area contributed by atoms with E-state index in [1.807, 2.05) is 29.1 Å². The molecule has 1 aliphatic heterocycles. The van der Waals surface area contributed by atoms with E-state index in [1.165, 1.54) is 0 Å². The zero-order valence-electron chi connectivity index (χ0n) is 12.3. The smallest absolute Gasteiger partial charge is 0.222 e. The van der Waals surface area contributed by atoms with Crippen LogP contribution >= 0.6 is 11.6 Å². The number of aromatic nitrogens is 5. The van der Waals surface area contributed by atoms with Crippen molar-refractivity contribution in [1.29, 1.82) is 0 Å². The molecule has 3 aromatic rings. The monoisotopic (exact) mass is 327 g/mol. The summed E-state index contributed by atoms with van der Waals surface area (Å²) in [4.78, 5) is 12.5. The molecule has 116 valence electrons. The first-order valence-electron chi connectivity index (χ1n) is 7.37. The molecule has 0 aliphatic carbocycles. The molecule has 0 bridgehead atoms. The molecule has 3 aromatic heterocycles. The largest absolute Gasteiger partial charge is 0.379 e. The van der Waals surface area contributed by atoms with Gasteiger partial charge in [-0.1, -0.05) is 0 Å². The Morgan fingerprint density at radius 1 is 1.26 bits per heavy atom. The van der Waals surface area contributed by atoms with Gasteiger partial charge in [-0.2, -0.15) is 5.10 Å². The van der Waals surface area contributed by atoms with Crippen LogP contribution in [-0.4, -0.2) is 37.9 Å². The van der Waals surface area contributed by atoms with E-state index in [-0.39, 0.29) is 11.3 Å². The summed E-state index contributed by atoms with van der Waals surface area (Å²) in [5.74, 6) is 0. The third-order valence-electron chi connectivity index (χ3n) is 3.85. The van der Waals surface area contributed by atoms with Crippen molar-refractivity contribution in [1.82, 2.24) is 24.7 Å². The van der Waals surface area contributed by atoms with Crippen molar-refractivity contribution in [2.45, 2.75) is 12.5 Å². The van der Waals surface area contributed by atoms with E-state index in [0.717, 1.165) is 35.5 Å². The zero-order chi connectivity index (χ0) is 15.6. The van der Waals surface area contributed by atoms with Gasteiger partial charge in [-0.05, 0) is 36.2 Å². The maximum absolute atomic E-state index is 5.95. The Morgan fingerprint density at radius 3 is 2.96 bits per heavy atom. The molecule has 0 saturated carbocycles. The van der Waals surface area contributed by atoms with Gasteiger partial charge in [0.05, 0.1) is 18.3 Å². The van der Waals surface area contributed by atoms with E-state index in [9.17, 15) is 0 Å². The minimum Gasteiger partial charge on any atom is -0.379 e. The molecule has 6 nitrogen and oxygen atoms in total. The molecular formula is C16H14ClN5O. The summed E-state index contributed by atoms with van der Waals surface area (Å²) in [6.45, 7) is 1.44. The molecule has 1 saturated heterocycles. The second-order valence-corrected chi connectivity index (χ2v) is 5.68. The van der Waals surface area contributed by atoms with Crippen molar-refractivity contribution in [3.05, 3.63) is 48.3 Å². The van der Waals surface area contributed by atoms with Gasteiger partial charge in [0.2, 0.25) is 5.28 Å². The predicted molar refractivity (Wildman–Crippen MR) is 86.0 cm³/mol. The van der Waals surface area contributed by atoms with E-state index >= 15 is 0 Å². The van der Waals surface area contributed by atoms with Crippen LogP contribution < -0.4 is 0 Å². The lowest BCUT2D eigenvalue weighted by Gasteiger charge is -2.06. The van der Waals surface area contributed by atoms with Gasteiger partial charge in [0.25, 0.3) is 0 Å². The van der Waals surface area contributed by atoms with Crippen molar-refractivity contribution in [2.75, 3.05) is 13.2 Å². The Morgan fingerprint density at radius 2 is 2.22 bits per heavy atom. The molecule has 0 N–H and O–H groups in total. The zero-order valence-corrected chi connectivity index (χ0v) is 13.0. The molecule has 0 spiro atoms. The van der Waals surface area contributed by atoms with Crippen molar-refractivity contribution in [2.24, 2.45) is 0 Å². The van der Waals surface area contributed by atoms with Crippen LogP contribution in [0.1, 0.15) is 12.5 Å². The van der Waals surface area contributed by atoms with Gasteiger partial charge in [-0.3, -0.25) is 9.67 Å². The highest BCUT2D eigenvalue weighted by Crippen LogP contribution is 2.32. The normalized spacial score (nSPS) is 17.5. The van der Waals surface area contributed by atoms with Crippen molar-refractivity contribution in [3.63, 3.8) is 0 Å². The molecule has 7 heteroatoms. The highest BCUT2D eigenvalue weighted by Gasteiger charge is 2.22. The summed E-state index contributed by atoms with van der Waals surface area (Å²) in [6.07, 6.45) is 8.14. The van der Waals surface area contributed by atoms with E-state index in [1.54, 1.807) is 18.6 Å². The first-order valence-corrected chi connectivity index (χ1v) is 7.75. The molecule has 1 unspecified atom stereocenters. The second kappa shape index (κ2) is 6.06. The number of ether oxygens (including phenoxy) is 1. The van der Waals surface area contributed by atoms with Crippen LogP contribution in [0, 0.1) is 0 Å². The summed E-state index contributed by atoms with van der Waals surface area (Å²) in [6, 6.07) is 5.95. The van der Waals surface area contributed by atoms with Gasteiger partial charge in [0.1, 0.15) is 5.69 Å². The first kappa shape index (κ1) is 14.3. The molecule has 0 radical (unpaired) electrons. The van der Waals surface area contributed by atoms with Gasteiger partial charge in [-0.25, -0.2) is 9.97 Å². The fraction of sp³-hybridized carbons (Fsp3) is 0.250. The summed E-state index contributed by atoms with van der Waals surface area (Å²) < 4.78 is 7.43. The van der Waals surface area contributed by atoms with Crippen LogP contribution in [0.15, 0.2) is 43.0 Å². The Hall–Kier alpha value is -2.31. The van der Waals surface area contributed by atoms with Crippen molar-refractivity contribution >= 4 is 11.6 Å². The SMILES string of the molecule is Clc1nccc(-c2cn(C3CCOC3)nc2-c2cccnc2)n1. The molecule has 4 rings (SSSR count). The molecule has 1 atom stereocenters. The lowest BCUT2D eigenvalue weighted by molar-refractivity contribution is 0.184. The number of hydrogen-bond donors (Lipinski definition) is 0. The molecule has 1 aliphatic rings. The van der Waals surface area contributed by atoms with Crippen molar-refractivity contribution in [3.8, 4) is 22.5 Å². The number of nitrogens with zero attached hydrogens (tertiary/aromatic N) is 5. The number of halogens is 1. The minimum absolute atomic E-state index is 0.219. The first-order chi connectivity index (χ1) is 11.3. The highest BCUT2D eigenvalue weighted by atomic mass is 35.5. The molecule has 1 fully saturated rings. The van der Waals surface area contributed by atoms with Gasteiger partial charge in [-0.15, -0.1) is 0 Å². The lowest BCUT2D eigenvalue weighted by atomic mass is 10.1. The maximum atomic E-state index is 5.95. The summed E-state index contributed by atoms with van der Waals surface area (Å²) >= 11 is 5.95. The maximum Gasteiger partial charge on any atom is 0.222 e. The van der Waals surface area contributed by atoms with E-state index in [0.29, 0.717) is 6.61 Å². The third-order valence-corrected chi connectivity index (χ3v) is 4.03. The van der Waals surface area contributed by atoms with Gasteiger partial charge in [0, 0.05) is 42.5 Å².